The Bertz CT molecular complexity index is 627. The van der Waals surface area contributed by atoms with Crippen LogP contribution in [0.15, 0.2) is 23.1 Å². The highest BCUT2D eigenvalue weighted by atomic mass is 32.2. The molecule has 0 bridgehead atoms. The normalized spacial score (nSPS) is 23.3. The highest BCUT2D eigenvalue weighted by Crippen LogP contribution is 2.30. The third-order valence-corrected chi connectivity index (χ3v) is 5.94. The van der Waals surface area contributed by atoms with Gasteiger partial charge in [0, 0.05) is 23.5 Å². The van der Waals surface area contributed by atoms with Crippen LogP contribution in [0.25, 0.3) is 0 Å². The van der Waals surface area contributed by atoms with E-state index >= 15 is 0 Å². The van der Waals surface area contributed by atoms with Gasteiger partial charge >= 0.3 is 5.97 Å². The molecular formula is C19H26N2O3S. The zero-order chi connectivity index (χ0) is 17.6. The third-order valence-electron chi connectivity index (χ3n) is 5.14. The Morgan fingerprint density at radius 2 is 2.08 bits per heavy atom. The minimum absolute atomic E-state index is 0.0575. The summed E-state index contributed by atoms with van der Waals surface area (Å²) in [6.07, 6.45) is 6.46. The number of carbonyl (C=O) groups is 2. The summed E-state index contributed by atoms with van der Waals surface area (Å²) in [5.74, 6) is 0.764. The van der Waals surface area contributed by atoms with Crippen molar-refractivity contribution in [3.05, 3.63) is 23.8 Å². The van der Waals surface area contributed by atoms with E-state index in [9.17, 15) is 9.59 Å². The maximum absolute atomic E-state index is 11.6. The van der Waals surface area contributed by atoms with Crippen LogP contribution in [-0.4, -0.2) is 25.5 Å². The largest absolute Gasteiger partial charge is 0.469 e. The van der Waals surface area contributed by atoms with Gasteiger partial charge < -0.3 is 10.1 Å². The molecule has 1 aromatic carbocycles. The number of esters is 1. The fourth-order valence-corrected chi connectivity index (χ4v) is 4.45. The summed E-state index contributed by atoms with van der Waals surface area (Å²) in [5, 5.41) is 2.97. The van der Waals surface area contributed by atoms with E-state index in [1.807, 2.05) is 6.07 Å². The maximum Gasteiger partial charge on any atom is 0.308 e. The number of methoxy groups -OCH3 is 1. The van der Waals surface area contributed by atoms with E-state index in [0.717, 1.165) is 50.8 Å². The van der Waals surface area contributed by atoms with Gasteiger partial charge in [0.2, 0.25) is 5.91 Å². The number of fused-ring (bicyclic) bond motifs is 1. The van der Waals surface area contributed by atoms with Gasteiger partial charge in [-0.1, -0.05) is 0 Å². The molecule has 1 saturated carbocycles. The minimum Gasteiger partial charge on any atom is -0.469 e. The molecule has 0 aromatic heterocycles. The highest BCUT2D eigenvalue weighted by Gasteiger charge is 2.26. The van der Waals surface area contributed by atoms with Gasteiger partial charge in [0.1, 0.15) is 0 Å². The topological polar surface area (TPSA) is 67.4 Å². The van der Waals surface area contributed by atoms with Gasteiger partial charge in [-0.2, -0.15) is 0 Å². The molecule has 1 fully saturated rings. The van der Waals surface area contributed by atoms with Gasteiger partial charge in [-0.05, 0) is 80.2 Å². The van der Waals surface area contributed by atoms with Gasteiger partial charge in [-0.3, -0.25) is 14.3 Å². The Balaban J connectivity index is 1.45. The Hall–Kier alpha value is -1.53. The number of amides is 1. The van der Waals surface area contributed by atoms with Crippen LogP contribution >= 0.6 is 11.9 Å². The van der Waals surface area contributed by atoms with Crippen LogP contribution < -0.4 is 10.0 Å². The van der Waals surface area contributed by atoms with Crippen molar-refractivity contribution in [2.45, 2.75) is 49.8 Å². The van der Waals surface area contributed by atoms with Crippen molar-refractivity contribution in [1.29, 1.82) is 0 Å². The Morgan fingerprint density at radius 1 is 1.28 bits per heavy atom. The number of hydrogen-bond acceptors (Lipinski definition) is 5. The van der Waals surface area contributed by atoms with Crippen molar-refractivity contribution in [3.8, 4) is 0 Å². The molecule has 0 unspecified atom stereocenters. The van der Waals surface area contributed by atoms with Crippen LogP contribution in [0.1, 0.15) is 44.1 Å². The molecule has 136 valence electrons. The molecule has 0 atom stereocenters. The second-order valence-corrected chi connectivity index (χ2v) is 7.88. The lowest BCUT2D eigenvalue weighted by molar-refractivity contribution is -0.146. The van der Waals surface area contributed by atoms with Crippen molar-refractivity contribution in [3.63, 3.8) is 0 Å². The number of anilines is 1. The molecule has 2 N–H and O–H groups in total. The second-order valence-electron chi connectivity index (χ2n) is 6.91. The molecule has 0 radical (unpaired) electrons. The predicted molar refractivity (Wildman–Crippen MR) is 99.3 cm³/mol. The predicted octanol–water partition coefficient (Wildman–Crippen LogP) is 3.54. The van der Waals surface area contributed by atoms with E-state index in [4.69, 9.17) is 4.74 Å². The summed E-state index contributed by atoms with van der Waals surface area (Å²) in [5.41, 5.74) is 2.17. The standard InChI is InChI=1S/C19H26N2O3S/c1-24-19(23)14-7-5-13(6-8-14)12-20-25-16-9-10-17-15(11-16)3-2-4-18(22)21-17/h9-11,13-14,20H,2-8,12H2,1H3,(H,21,22). The number of hydrogen-bond donors (Lipinski definition) is 2. The zero-order valence-corrected chi connectivity index (χ0v) is 15.5. The summed E-state index contributed by atoms with van der Waals surface area (Å²) >= 11 is 1.65. The first-order chi connectivity index (χ1) is 12.2. The minimum atomic E-state index is -0.0575. The molecule has 3 rings (SSSR count). The lowest BCUT2D eigenvalue weighted by Crippen LogP contribution is -2.27. The van der Waals surface area contributed by atoms with Crippen LogP contribution in [0.2, 0.25) is 0 Å². The number of aryl methyl sites for hydroxylation is 1. The summed E-state index contributed by atoms with van der Waals surface area (Å²) < 4.78 is 8.31. The lowest BCUT2D eigenvalue weighted by atomic mass is 9.82. The fraction of sp³-hybridized carbons (Fsp3) is 0.579. The Kier molecular flexibility index (Phi) is 6.37. The molecule has 25 heavy (non-hydrogen) atoms. The van der Waals surface area contributed by atoms with Crippen molar-refractivity contribution >= 4 is 29.5 Å². The lowest BCUT2D eigenvalue weighted by Gasteiger charge is -2.26. The van der Waals surface area contributed by atoms with Gasteiger partial charge in [-0.25, -0.2) is 0 Å². The van der Waals surface area contributed by atoms with Crippen LogP contribution in [-0.2, 0) is 20.7 Å². The van der Waals surface area contributed by atoms with Crippen LogP contribution in [0, 0.1) is 11.8 Å². The van der Waals surface area contributed by atoms with Crippen molar-refractivity contribution in [2.24, 2.45) is 11.8 Å². The first-order valence-corrected chi connectivity index (χ1v) is 9.87. The van der Waals surface area contributed by atoms with Gasteiger partial charge in [0.05, 0.1) is 13.0 Å². The number of rotatable bonds is 5. The zero-order valence-electron chi connectivity index (χ0n) is 14.7. The smallest absolute Gasteiger partial charge is 0.308 e. The summed E-state index contributed by atoms with van der Waals surface area (Å²) in [4.78, 5) is 24.4. The molecule has 1 heterocycles. The molecule has 5 nitrogen and oxygen atoms in total. The molecular weight excluding hydrogens is 336 g/mol. The summed E-state index contributed by atoms with van der Waals surface area (Å²) in [6.45, 7) is 0.951. The molecule has 2 aliphatic rings. The third kappa shape index (κ3) is 4.98. The van der Waals surface area contributed by atoms with E-state index in [-0.39, 0.29) is 17.8 Å². The molecule has 1 amide bonds. The van der Waals surface area contributed by atoms with E-state index < -0.39 is 0 Å². The van der Waals surface area contributed by atoms with Gasteiger partial charge in [0.15, 0.2) is 0 Å². The number of ether oxygens (including phenoxy) is 1. The second kappa shape index (κ2) is 8.72. The SMILES string of the molecule is COC(=O)C1CCC(CNSc2ccc3c(c2)CCCC(=O)N3)CC1. The van der Waals surface area contributed by atoms with Gasteiger partial charge in [0.25, 0.3) is 0 Å². The monoisotopic (exact) mass is 362 g/mol. The quantitative estimate of drug-likeness (QED) is 0.619. The van der Waals surface area contributed by atoms with Gasteiger partial charge in [-0.15, -0.1) is 0 Å². The van der Waals surface area contributed by atoms with E-state index in [1.54, 1.807) is 11.9 Å². The van der Waals surface area contributed by atoms with Crippen LogP contribution in [0.3, 0.4) is 0 Å². The molecule has 1 aromatic rings. The average Bonchev–Trinajstić information content (AvgIpc) is 2.82. The first-order valence-electron chi connectivity index (χ1n) is 9.06. The summed E-state index contributed by atoms with van der Waals surface area (Å²) in [7, 11) is 1.47. The average molecular weight is 362 g/mol. The van der Waals surface area contributed by atoms with E-state index in [1.165, 1.54) is 17.6 Å². The van der Waals surface area contributed by atoms with E-state index in [0.29, 0.717) is 12.3 Å². The Labute approximate surface area is 153 Å². The van der Waals surface area contributed by atoms with Crippen molar-refractivity contribution in [1.82, 2.24) is 4.72 Å². The van der Waals surface area contributed by atoms with Crippen molar-refractivity contribution in [2.75, 3.05) is 19.0 Å². The first kappa shape index (κ1) is 18.3. The number of benzene rings is 1. The molecule has 1 aliphatic carbocycles. The fourth-order valence-electron chi connectivity index (χ4n) is 3.63. The molecule has 6 heteroatoms. The van der Waals surface area contributed by atoms with Crippen LogP contribution in [0.4, 0.5) is 5.69 Å². The maximum atomic E-state index is 11.6. The number of nitrogens with one attached hydrogen (secondary N) is 2. The van der Waals surface area contributed by atoms with E-state index in [2.05, 4.69) is 22.2 Å². The van der Waals surface area contributed by atoms with Crippen molar-refractivity contribution < 1.29 is 14.3 Å². The molecule has 0 saturated heterocycles. The molecule has 1 aliphatic heterocycles. The van der Waals surface area contributed by atoms with Crippen LogP contribution in [0.5, 0.6) is 0 Å². The Morgan fingerprint density at radius 3 is 2.84 bits per heavy atom. The molecule has 0 spiro atoms. The summed E-state index contributed by atoms with van der Waals surface area (Å²) in [6, 6.07) is 6.23. The highest BCUT2D eigenvalue weighted by molar-refractivity contribution is 7.97. The number of carbonyl (C=O) groups excluding carboxylic acids is 2.